The fourth-order valence-corrected chi connectivity index (χ4v) is 8.93. The minimum atomic E-state index is -3.51. The number of nitrogens with zero attached hydrogens (tertiary/aromatic N) is 2. The van der Waals surface area contributed by atoms with Crippen LogP contribution in [0.3, 0.4) is 0 Å². The van der Waals surface area contributed by atoms with Gasteiger partial charge in [0.1, 0.15) is 0 Å². The van der Waals surface area contributed by atoms with E-state index in [0.29, 0.717) is 38.8 Å². The fourth-order valence-electron chi connectivity index (χ4n) is 5.18. The van der Waals surface area contributed by atoms with Crippen molar-refractivity contribution >= 4 is 62.3 Å². The quantitative estimate of drug-likeness (QED) is 0.0524. The lowest BCUT2D eigenvalue weighted by Gasteiger charge is -2.16. The Hall–Kier alpha value is -0.720. The number of amides is 4. The number of imide groups is 2. The van der Waals surface area contributed by atoms with Crippen LogP contribution in [0.5, 0.6) is 0 Å². The van der Waals surface area contributed by atoms with Crippen LogP contribution in [0, 0.1) is 0 Å². The van der Waals surface area contributed by atoms with Gasteiger partial charge in [0.05, 0.1) is 35.0 Å². The molecule has 2 rings (SSSR count). The first-order valence-electron chi connectivity index (χ1n) is 17.5. The molecule has 12 nitrogen and oxygen atoms in total. The van der Waals surface area contributed by atoms with E-state index in [1.54, 1.807) is 27.7 Å². The number of carbonyl (C=O) groups is 4. The van der Waals surface area contributed by atoms with Gasteiger partial charge < -0.3 is 18.8 Å². The predicted molar refractivity (Wildman–Crippen MR) is 192 cm³/mol. The Bertz CT molecular complexity index is 1060. The van der Waals surface area contributed by atoms with Gasteiger partial charge in [0.15, 0.2) is 0 Å². The predicted octanol–water partition coefficient (Wildman–Crippen LogP) is 6.61. The van der Waals surface area contributed by atoms with Crippen molar-refractivity contribution in [1.29, 1.82) is 0 Å². The van der Waals surface area contributed by atoms with Gasteiger partial charge in [-0.3, -0.25) is 38.1 Å². The lowest BCUT2D eigenvalue weighted by atomic mass is 10.2. The maximum absolute atomic E-state index is 12.8. The van der Waals surface area contributed by atoms with Crippen LogP contribution in [0.4, 0.5) is 0 Å². The second-order valence-corrected chi connectivity index (χ2v) is 20.6. The molecule has 0 spiro atoms. The molecule has 2 aliphatic rings. The monoisotopic (exact) mass is 756 g/mol. The average molecular weight is 757 g/mol. The summed E-state index contributed by atoms with van der Waals surface area (Å²) in [7, 11) is -7.03. The van der Waals surface area contributed by atoms with Crippen LogP contribution >= 0.6 is 38.7 Å². The van der Waals surface area contributed by atoms with E-state index in [2.05, 4.69) is 0 Å². The van der Waals surface area contributed by atoms with Crippen LogP contribution in [0.15, 0.2) is 0 Å². The van der Waals surface area contributed by atoms with Gasteiger partial charge in [0, 0.05) is 25.9 Å². The molecule has 4 unspecified atom stereocenters. The summed E-state index contributed by atoms with van der Waals surface area (Å²) < 4.78 is 33.8. The van der Waals surface area contributed by atoms with E-state index in [-0.39, 0.29) is 60.2 Å². The summed E-state index contributed by atoms with van der Waals surface area (Å²) in [6.45, 7) is 7.96. The smallest absolute Gasteiger partial charge is 0.324 e. The van der Waals surface area contributed by atoms with Crippen molar-refractivity contribution in [2.24, 2.45) is 0 Å². The third kappa shape index (κ3) is 15.3. The van der Waals surface area contributed by atoms with Gasteiger partial charge in [-0.05, 0) is 50.0 Å². The molecule has 2 fully saturated rings. The Kier molecular flexibility index (Phi) is 20.2. The Labute approximate surface area is 295 Å². The second kappa shape index (κ2) is 22.3. The number of rotatable bonds is 27. The molecule has 4 amide bonds. The van der Waals surface area contributed by atoms with Crippen molar-refractivity contribution < 1.29 is 47.1 Å². The lowest BCUT2D eigenvalue weighted by molar-refractivity contribution is -0.140. The maximum Gasteiger partial charge on any atom is 0.330 e. The topological polar surface area (TPSA) is 168 Å². The van der Waals surface area contributed by atoms with Crippen molar-refractivity contribution in [2.75, 3.05) is 37.8 Å². The van der Waals surface area contributed by atoms with Crippen molar-refractivity contribution in [3.63, 3.8) is 0 Å². The molecule has 0 radical (unpaired) electrons. The number of hydrogen-bond acceptors (Lipinski definition) is 10. The normalized spacial score (nSPS) is 21.2. The number of likely N-dealkylation sites (tertiary alicyclic amines) is 2. The SMILES string of the molecule is CC(C)P(=O)(O)OCCCCCCSC1CC(=O)N(CCCCCCN2C(=O)CC(SCCCCCCOP(=O)(O)C(C)C)C2=O)C1=O. The van der Waals surface area contributed by atoms with E-state index >= 15 is 0 Å². The molecule has 0 saturated carbocycles. The van der Waals surface area contributed by atoms with Gasteiger partial charge in [-0.15, -0.1) is 23.5 Å². The first-order chi connectivity index (χ1) is 22.7. The summed E-state index contributed by atoms with van der Waals surface area (Å²) in [5.74, 6) is 1.08. The molecule has 0 aromatic rings. The van der Waals surface area contributed by atoms with Gasteiger partial charge >= 0.3 is 15.2 Å². The van der Waals surface area contributed by atoms with E-state index in [0.717, 1.165) is 62.9 Å². The molecule has 278 valence electrons. The Balaban J connectivity index is 1.50. The minimum absolute atomic E-state index is 0.114. The van der Waals surface area contributed by atoms with Gasteiger partial charge in [0.25, 0.3) is 0 Å². The highest BCUT2D eigenvalue weighted by Crippen LogP contribution is 2.47. The number of hydrogen-bond donors (Lipinski definition) is 2. The van der Waals surface area contributed by atoms with Crippen molar-refractivity contribution in [3.8, 4) is 0 Å². The van der Waals surface area contributed by atoms with E-state index in [1.807, 2.05) is 0 Å². The zero-order valence-corrected chi connectivity index (χ0v) is 32.6. The molecule has 4 atom stereocenters. The molecule has 0 bridgehead atoms. The zero-order chi connectivity index (χ0) is 35.7. The van der Waals surface area contributed by atoms with Crippen LogP contribution in [-0.2, 0) is 37.4 Å². The molecule has 48 heavy (non-hydrogen) atoms. The van der Waals surface area contributed by atoms with Crippen molar-refractivity contribution in [3.05, 3.63) is 0 Å². The summed E-state index contributed by atoms with van der Waals surface area (Å²) in [5.41, 5.74) is -0.820. The Morgan fingerprint density at radius 2 is 0.938 bits per heavy atom. The van der Waals surface area contributed by atoms with Gasteiger partial charge in [-0.2, -0.15) is 0 Å². The second-order valence-electron chi connectivity index (χ2n) is 13.1. The third-order valence-electron chi connectivity index (χ3n) is 8.49. The zero-order valence-electron chi connectivity index (χ0n) is 29.2. The van der Waals surface area contributed by atoms with E-state index < -0.39 is 26.5 Å². The molecular weight excluding hydrogens is 698 g/mol. The van der Waals surface area contributed by atoms with Crippen LogP contribution in [0.1, 0.15) is 118 Å². The Morgan fingerprint density at radius 1 is 0.604 bits per heavy atom. The standard InChI is InChI=1S/C32H58N2O10P2S2/c1-25(2)45(39,40)43-19-13-7-9-15-21-47-27-23-29(35)33(31(27)37)17-11-5-6-12-18-34-30(36)24-28(32(34)38)48-22-16-10-8-14-20-44-46(41,42)26(3)4/h25-28H,5-24H2,1-4H3,(H,39,40)(H,41,42). The molecule has 2 N–H and O–H groups in total. The molecular formula is C32H58N2O10P2S2. The van der Waals surface area contributed by atoms with E-state index in [9.17, 15) is 38.1 Å². The number of thioether (sulfide) groups is 2. The molecule has 16 heteroatoms. The largest absolute Gasteiger partial charge is 0.330 e. The molecule has 0 aliphatic carbocycles. The number of carbonyl (C=O) groups excluding carboxylic acids is 4. The first-order valence-corrected chi connectivity index (χ1v) is 22.9. The summed E-state index contributed by atoms with van der Waals surface area (Å²) in [6.07, 6.45) is 10.3. The Morgan fingerprint density at radius 3 is 1.29 bits per heavy atom. The molecule has 2 aliphatic heterocycles. The highest BCUT2D eigenvalue weighted by Gasteiger charge is 2.39. The molecule has 2 saturated heterocycles. The highest BCUT2D eigenvalue weighted by atomic mass is 32.2. The molecule has 0 aromatic carbocycles. The van der Waals surface area contributed by atoms with Gasteiger partial charge in [-0.1, -0.05) is 66.2 Å². The molecule has 0 aromatic heterocycles. The third-order valence-corrected chi connectivity index (χ3v) is 14.8. The maximum atomic E-state index is 12.8. The summed E-state index contributed by atoms with van der Waals surface area (Å²) in [6, 6.07) is 0. The lowest BCUT2D eigenvalue weighted by Crippen LogP contribution is -2.33. The highest BCUT2D eigenvalue weighted by molar-refractivity contribution is 8.00. The fraction of sp³-hybridized carbons (Fsp3) is 0.875. The van der Waals surface area contributed by atoms with Gasteiger partial charge in [0.2, 0.25) is 23.6 Å². The molecule has 2 heterocycles. The van der Waals surface area contributed by atoms with Crippen LogP contribution in [0.2, 0.25) is 0 Å². The van der Waals surface area contributed by atoms with Crippen LogP contribution in [-0.4, -0.2) is 103 Å². The van der Waals surface area contributed by atoms with Gasteiger partial charge in [-0.25, -0.2) is 0 Å². The summed E-state index contributed by atoms with van der Waals surface area (Å²) in [5, 5.41) is -0.661. The number of unbranched alkanes of at least 4 members (excludes halogenated alkanes) is 9. The van der Waals surface area contributed by atoms with E-state index in [4.69, 9.17) is 9.05 Å². The summed E-state index contributed by atoms with van der Waals surface area (Å²) in [4.78, 5) is 72.6. The van der Waals surface area contributed by atoms with Crippen LogP contribution < -0.4 is 0 Å². The average Bonchev–Trinajstić information content (AvgIpc) is 3.44. The van der Waals surface area contributed by atoms with Crippen molar-refractivity contribution in [2.45, 2.75) is 139 Å². The van der Waals surface area contributed by atoms with E-state index in [1.165, 1.54) is 33.3 Å². The minimum Gasteiger partial charge on any atom is -0.324 e. The summed E-state index contributed by atoms with van der Waals surface area (Å²) >= 11 is 3.05. The van der Waals surface area contributed by atoms with Crippen LogP contribution in [0.25, 0.3) is 0 Å². The first kappa shape index (κ1) is 43.4. The van der Waals surface area contributed by atoms with Crippen molar-refractivity contribution in [1.82, 2.24) is 9.80 Å².